The number of anilines is 1. The fraction of sp³-hybridized carbons (Fsp3) is 0.208. The van der Waals surface area contributed by atoms with Gasteiger partial charge in [-0.3, -0.25) is 4.79 Å². The highest BCUT2D eigenvalue weighted by Gasteiger charge is 2.23. The summed E-state index contributed by atoms with van der Waals surface area (Å²) in [5, 5.41) is 3.07. The number of hydrogen-bond donors (Lipinski definition) is 1. The van der Waals surface area contributed by atoms with Gasteiger partial charge in [0.25, 0.3) is 0 Å². The predicted molar refractivity (Wildman–Crippen MR) is 110 cm³/mol. The van der Waals surface area contributed by atoms with E-state index in [2.05, 4.69) is 12.2 Å². The minimum absolute atomic E-state index is 0.0704. The van der Waals surface area contributed by atoms with Crippen LogP contribution in [0, 0.1) is 0 Å². The molecule has 0 unspecified atom stereocenters. The van der Waals surface area contributed by atoms with Crippen molar-refractivity contribution in [3.63, 3.8) is 0 Å². The molecular formula is C24H25NO2. The minimum atomic E-state index is -0.379. The van der Waals surface area contributed by atoms with E-state index in [-0.39, 0.29) is 11.8 Å². The van der Waals surface area contributed by atoms with Crippen LogP contribution in [0.5, 0.6) is 5.75 Å². The summed E-state index contributed by atoms with van der Waals surface area (Å²) in [7, 11) is 0. The Labute approximate surface area is 161 Å². The first-order chi connectivity index (χ1) is 13.3. The lowest BCUT2D eigenvalue weighted by Gasteiger charge is -2.19. The van der Waals surface area contributed by atoms with E-state index in [1.54, 1.807) is 0 Å². The third-order valence-electron chi connectivity index (χ3n) is 4.43. The van der Waals surface area contributed by atoms with E-state index < -0.39 is 0 Å². The van der Waals surface area contributed by atoms with Crippen LogP contribution in [0.4, 0.5) is 5.69 Å². The molecule has 0 saturated carbocycles. The zero-order valence-corrected chi connectivity index (χ0v) is 15.6. The topological polar surface area (TPSA) is 38.3 Å². The fourth-order valence-corrected chi connectivity index (χ4v) is 3.01. The van der Waals surface area contributed by atoms with Gasteiger partial charge in [-0.05, 0) is 29.7 Å². The Bertz CT molecular complexity index is 807. The van der Waals surface area contributed by atoms with Crippen molar-refractivity contribution >= 4 is 11.6 Å². The van der Waals surface area contributed by atoms with Gasteiger partial charge in [0, 0.05) is 0 Å². The van der Waals surface area contributed by atoms with Gasteiger partial charge in [0.05, 0.1) is 18.2 Å². The first kappa shape index (κ1) is 18.7. The van der Waals surface area contributed by atoms with Crippen LogP contribution in [0.25, 0.3) is 0 Å². The quantitative estimate of drug-likeness (QED) is 0.529. The van der Waals surface area contributed by atoms with E-state index >= 15 is 0 Å². The molecule has 0 saturated heterocycles. The highest BCUT2D eigenvalue weighted by Crippen LogP contribution is 2.29. The van der Waals surface area contributed by atoms with Gasteiger partial charge in [-0.15, -0.1) is 0 Å². The zero-order chi connectivity index (χ0) is 18.9. The van der Waals surface area contributed by atoms with Gasteiger partial charge in [-0.25, -0.2) is 0 Å². The number of unbranched alkanes of at least 4 members (excludes halogenated alkanes) is 1. The fourth-order valence-electron chi connectivity index (χ4n) is 3.01. The molecule has 0 aliphatic rings. The molecule has 3 aromatic carbocycles. The molecule has 3 aromatic rings. The Balaban J connectivity index is 1.86. The molecule has 3 rings (SSSR count). The third-order valence-corrected chi connectivity index (χ3v) is 4.43. The molecule has 0 heterocycles. The van der Waals surface area contributed by atoms with Crippen LogP contribution in [-0.2, 0) is 4.79 Å². The summed E-state index contributed by atoms with van der Waals surface area (Å²) in [6.07, 6.45) is 2.05. The van der Waals surface area contributed by atoms with Crippen molar-refractivity contribution < 1.29 is 9.53 Å². The van der Waals surface area contributed by atoms with E-state index in [4.69, 9.17) is 4.74 Å². The average molecular weight is 359 g/mol. The second-order valence-corrected chi connectivity index (χ2v) is 6.44. The van der Waals surface area contributed by atoms with E-state index in [0.717, 1.165) is 24.0 Å². The van der Waals surface area contributed by atoms with Crippen LogP contribution in [-0.4, -0.2) is 12.5 Å². The van der Waals surface area contributed by atoms with Gasteiger partial charge in [-0.1, -0.05) is 86.1 Å². The van der Waals surface area contributed by atoms with Crippen LogP contribution in [0.2, 0.25) is 0 Å². The molecule has 3 nitrogen and oxygen atoms in total. The van der Waals surface area contributed by atoms with Gasteiger partial charge in [-0.2, -0.15) is 0 Å². The van der Waals surface area contributed by atoms with Crippen molar-refractivity contribution in [2.75, 3.05) is 11.9 Å². The SMILES string of the molecule is CCCCOc1ccccc1NC(=O)C(c1ccccc1)c1ccccc1. The summed E-state index contributed by atoms with van der Waals surface area (Å²) in [4.78, 5) is 13.2. The Hall–Kier alpha value is -3.07. The number of hydrogen-bond acceptors (Lipinski definition) is 2. The molecule has 138 valence electrons. The molecular weight excluding hydrogens is 334 g/mol. The highest BCUT2D eigenvalue weighted by molar-refractivity contribution is 5.99. The monoisotopic (exact) mass is 359 g/mol. The number of benzene rings is 3. The number of amides is 1. The standard InChI is InChI=1S/C24H25NO2/c1-2-3-18-27-22-17-11-10-16-21(22)25-24(26)23(19-12-6-4-7-13-19)20-14-8-5-9-15-20/h4-17,23H,2-3,18H2,1H3,(H,25,26). The summed E-state index contributed by atoms with van der Waals surface area (Å²) in [6.45, 7) is 2.77. The van der Waals surface area contributed by atoms with Crippen molar-refractivity contribution in [2.45, 2.75) is 25.7 Å². The number of ether oxygens (including phenoxy) is 1. The van der Waals surface area contributed by atoms with Crippen LogP contribution in [0.15, 0.2) is 84.9 Å². The Morgan fingerprint density at radius 2 is 1.41 bits per heavy atom. The average Bonchev–Trinajstić information content (AvgIpc) is 2.71. The minimum Gasteiger partial charge on any atom is -0.491 e. The molecule has 27 heavy (non-hydrogen) atoms. The Morgan fingerprint density at radius 1 is 0.852 bits per heavy atom. The lowest BCUT2D eigenvalue weighted by molar-refractivity contribution is -0.116. The van der Waals surface area contributed by atoms with Crippen LogP contribution in [0.3, 0.4) is 0 Å². The van der Waals surface area contributed by atoms with Gasteiger partial charge < -0.3 is 10.1 Å². The van der Waals surface area contributed by atoms with E-state index in [1.165, 1.54) is 0 Å². The molecule has 1 N–H and O–H groups in total. The zero-order valence-electron chi connectivity index (χ0n) is 15.6. The molecule has 0 aromatic heterocycles. The number of rotatable bonds is 8. The summed E-state index contributed by atoms with van der Waals surface area (Å²) < 4.78 is 5.85. The molecule has 0 aliphatic carbocycles. The van der Waals surface area contributed by atoms with Crippen LogP contribution >= 0.6 is 0 Å². The largest absolute Gasteiger partial charge is 0.491 e. The summed E-state index contributed by atoms with van der Waals surface area (Å²) in [5.74, 6) is 0.259. The molecule has 1 amide bonds. The molecule has 0 spiro atoms. The third kappa shape index (κ3) is 4.98. The number of nitrogens with one attached hydrogen (secondary N) is 1. The first-order valence-electron chi connectivity index (χ1n) is 9.42. The summed E-state index contributed by atoms with van der Waals surface area (Å²) >= 11 is 0. The lowest BCUT2D eigenvalue weighted by Crippen LogP contribution is -2.22. The van der Waals surface area contributed by atoms with Crippen molar-refractivity contribution in [1.29, 1.82) is 0 Å². The normalized spacial score (nSPS) is 10.6. The lowest BCUT2D eigenvalue weighted by atomic mass is 9.90. The van der Waals surface area contributed by atoms with E-state index in [0.29, 0.717) is 18.0 Å². The molecule has 3 heteroatoms. The van der Waals surface area contributed by atoms with Gasteiger partial charge in [0.1, 0.15) is 5.75 Å². The van der Waals surface area contributed by atoms with Crippen LogP contribution in [0.1, 0.15) is 36.8 Å². The van der Waals surface area contributed by atoms with Crippen molar-refractivity contribution in [3.05, 3.63) is 96.1 Å². The summed E-state index contributed by atoms with van der Waals surface area (Å²) in [6, 6.07) is 27.3. The van der Waals surface area contributed by atoms with Crippen molar-refractivity contribution in [1.82, 2.24) is 0 Å². The van der Waals surface area contributed by atoms with E-state index in [9.17, 15) is 4.79 Å². The van der Waals surface area contributed by atoms with Gasteiger partial charge in [0.15, 0.2) is 0 Å². The molecule has 0 fully saturated rings. The molecule has 0 aliphatic heterocycles. The smallest absolute Gasteiger partial charge is 0.236 e. The Kier molecular flexibility index (Phi) is 6.64. The second kappa shape index (κ2) is 9.58. The first-order valence-corrected chi connectivity index (χ1v) is 9.42. The molecule has 0 bridgehead atoms. The van der Waals surface area contributed by atoms with E-state index in [1.807, 2.05) is 84.9 Å². The Morgan fingerprint density at radius 3 is 2.00 bits per heavy atom. The second-order valence-electron chi connectivity index (χ2n) is 6.44. The predicted octanol–water partition coefficient (Wildman–Crippen LogP) is 5.64. The number of para-hydroxylation sites is 2. The van der Waals surface area contributed by atoms with Crippen LogP contribution < -0.4 is 10.1 Å². The highest BCUT2D eigenvalue weighted by atomic mass is 16.5. The maximum Gasteiger partial charge on any atom is 0.236 e. The van der Waals surface area contributed by atoms with Gasteiger partial charge >= 0.3 is 0 Å². The maximum absolute atomic E-state index is 13.2. The molecule has 0 radical (unpaired) electrons. The van der Waals surface area contributed by atoms with Crippen molar-refractivity contribution in [2.24, 2.45) is 0 Å². The van der Waals surface area contributed by atoms with Gasteiger partial charge in [0.2, 0.25) is 5.91 Å². The number of carbonyl (C=O) groups excluding carboxylic acids is 1. The maximum atomic E-state index is 13.2. The molecule has 0 atom stereocenters. The number of carbonyl (C=O) groups is 1. The van der Waals surface area contributed by atoms with Crippen molar-refractivity contribution in [3.8, 4) is 5.75 Å². The summed E-state index contributed by atoms with van der Waals surface area (Å²) in [5.41, 5.74) is 2.63.